The van der Waals surface area contributed by atoms with Crippen LogP contribution in [0, 0.1) is 45.3 Å². The standard InChI is InChI=1S/C27H40O4/c1-17(30)31-23-14-22-25(4)12-7-11-24(2,3)20(25)10-13-26(22,5)21-9-8-18(15-28)19(16-29)27(21,23)6/h8,15-16,19-23H,7,9-14H2,1-6H3/t19-,20-,21-,22+,23-,25-,26-,27+/m0/s1. The Morgan fingerprint density at radius 1 is 1.00 bits per heavy atom. The van der Waals surface area contributed by atoms with Crippen LogP contribution in [0.5, 0.6) is 0 Å². The van der Waals surface area contributed by atoms with E-state index in [-0.39, 0.29) is 28.8 Å². The molecular formula is C27H40O4. The molecule has 4 nitrogen and oxygen atoms in total. The van der Waals surface area contributed by atoms with E-state index in [1.165, 1.54) is 32.6 Å². The molecule has 0 unspecified atom stereocenters. The monoisotopic (exact) mass is 428 g/mol. The lowest BCUT2D eigenvalue weighted by molar-refractivity contribution is -0.238. The zero-order valence-corrected chi connectivity index (χ0v) is 20.2. The van der Waals surface area contributed by atoms with E-state index in [4.69, 9.17) is 4.74 Å². The molecule has 4 aliphatic rings. The summed E-state index contributed by atoms with van der Waals surface area (Å²) in [6.07, 6.45) is 11.1. The highest BCUT2D eigenvalue weighted by molar-refractivity contribution is 5.82. The van der Waals surface area contributed by atoms with Crippen molar-refractivity contribution in [2.75, 3.05) is 0 Å². The van der Waals surface area contributed by atoms with Crippen LogP contribution in [-0.4, -0.2) is 24.6 Å². The maximum Gasteiger partial charge on any atom is 0.302 e. The van der Waals surface area contributed by atoms with Gasteiger partial charge in [-0.2, -0.15) is 0 Å². The number of carbonyl (C=O) groups excluding carboxylic acids is 3. The Morgan fingerprint density at radius 2 is 1.68 bits per heavy atom. The summed E-state index contributed by atoms with van der Waals surface area (Å²) in [6.45, 7) is 13.4. The Balaban J connectivity index is 1.85. The zero-order valence-electron chi connectivity index (χ0n) is 20.2. The summed E-state index contributed by atoms with van der Waals surface area (Å²) in [4.78, 5) is 36.3. The Hall–Kier alpha value is -1.45. The highest BCUT2D eigenvalue weighted by Gasteiger charge is 2.68. The Labute approximate surface area is 187 Å². The zero-order chi connectivity index (χ0) is 22.8. The summed E-state index contributed by atoms with van der Waals surface area (Å²) in [6, 6.07) is 0. The molecule has 0 aromatic rings. The molecule has 4 aliphatic carbocycles. The molecule has 0 bridgehead atoms. The average molecular weight is 429 g/mol. The summed E-state index contributed by atoms with van der Waals surface area (Å²) in [5.41, 5.74) is 0.619. The molecule has 8 atom stereocenters. The van der Waals surface area contributed by atoms with Crippen LogP contribution in [0.15, 0.2) is 11.6 Å². The van der Waals surface area contributed by atoms with Crippen molar-refractivity contribution in [1.29, 1.82) is 0 Å². The first-order valence-electron chi connectivity index (χ1n) is 12.2. The van der Waals surface area contributed by atoms with E-state index in [0.29, 0.717) is 22.8 Å². The number of ether oxygens (including phenoxy) is 1. The maximum absolute atomic E-state index is 12.3. The van der Waals surface area contributed by atoms with Gasteiger partial charge in [0.25, 0.3) is 0 Å². The molecule has 0 saturated heterocycles. The summed E-state index contributed by atoms with van der Waals surface area (Å²) in [5.74, 6) is 0.519. The lowest BCUT2D eigenvalue weighted by Gasteiger charge is -2.70. The fourth-order valence-corrected chi connectivity index (χ4v) is 9.45. The average Bonchev–Trinajstić information content (AvgIpc) is 2.67. The highest BCUT2D eigenvalue weighted by Crippen LogP contribution is 2.73. The van der Waals surface area contributed by atoms with Crippen molar-refractivity contribution in [3.05, 3.63) is 11.6 Å². The molecule has 0 amide bonds. The van der Waals surface area contributed by atoms with Crippen LogP contribution in [0.3, 0.4) is 0 Å². The van der Waals surface area contributed by atoms with Gasteiger partial charge >= 0.3 is 5.97 Å². The molecule has 0 heterocycles. The van der Waals surface area contributed by atoms with Crippen molar-refractivity contribution >= 4 is 18.5 Å². The first-order valence-corrected chi connectivity index (χ1v) is 12.2. The minimum Gasteiger partial charge on any atom is -0.462 e. The number of allylic oxidation sites excluding steroid dienone is 2. The minimum absolute atomic E-state index is 0.0657. The smallest absolute Gasteiger partial charge is 0.302 e. The lowest BCUT2D eigenvalue weighted by Crippen LogP contribution is -2.67. The van der Waals surface area contributed by atoms with Crippen molar-refractivity contribution in [3.8, 4) is 0 Å². The minimum atomic E-state index is -0.545. The van der Waals surface area contributed by atoms with Crippen molar-refractivity contribution in [1.82, 2.24) is 0 Å². The molecule has 0 aromatic heterocycles. The van der Waals surface area contributed by atoms with Gasteiger partial charge in [0.1, 0.15) is 18.7 Å². The molecule has 3 fully saturated rings. The van der Waals surface area contributed by atoms with Gasteiger partial charge in [-0.1, -0.05) is 47.1 Å². The van der Waals surface area contributed by atoms with Crippen molar-refractivity contribution in [3.63, 3.8) is 0 Å². The molecule has 3 saturated carbocycles. The van der Waals surface area contributed by atoms with Gasteiger partial charge in [-0.25, -0.2) is 0 Å². The molecule has 0 radical (unpaired) electrons. The summed E-state index contributed by atoms with van der Waals surface area (Å²) >= 11 is 0. The van der Waals surface area contributed by atoms with Crippen LogP contribution in [0.1, 0.15) is 86.5 Å². The van der Waals surface area contributed by atoms with Gasteiger partial charge in [0, 0.05) is 12.3 Å². The van der Waals surface area contributed by atoms with E-state index in [1.807, 2.05) is 6.08 Å². The fraction of sp³-hybridized carbons (Fsp3) is 0.815. The number of rotatable bonds is 3. The van der Waals surface area contributed by atoms with Gasteiger partial charge in [0.2, 0.25) is 0 Å². The predicted molar refractivity (Wildman–Crippen MR) is 120 cm³/mol. The van der Waals surface area contributed by atoms with E-state index in [1.54, 1.807) is 0 Å². The Morgan fingerprint density at radius 3 is 2.29 bits per heavy atom. The van der Waals surface area contributed by atoms with Crippen LogP contribution in [-0.2, 0) is 19.1 Å². The lowest BCUT2D eigenvalue weighted by atomic mass is 9.35. The molecule has 0 aromatic carbocycles. The van der Waals surface area contributed by atoms with Crippen LogP contribution in [0.2, 0.25) is 0 Å². The van der Waals surface area contributed by atoms with E-state index in [0.717, 1.165) is 31.8 Å². The number of aldehydes is 2. The molecule has 4 rings (SSSR count). The highest BCUT2D eigenvalue weighted by atomic mass is 16.5. The largest absolute Gasteiger partial charge is 0.462 e. The van der Waals surface area contributed by atoms with Crippen LogP contribution in [0.4, 0.5) is 0 Å². The third-order valence-electron chi connectivity index (χ3n) is 10.7. The van der Waals surface area contributed by atoms with Gasteiger partial charge in [-0.05, 0) is 78.1 Å². The number of hydrogen-bond acceptors (Lipinski definition) is 4. The SMILES string of the molecule is CC(=O)O[C@H]1C[C@@H]2[C@@]3(C)CCCC(C)(C)[C@@H]3CC[C@@]2(C)[C@@H]2CC=C(C=O)[C@H](C=O)[C@@]12C. The first-order chi connectivity index (χ1) is 14.4. The molecule has 0 N–H and O–H groups in total. The quantitative estimate of drug-likeness (QED) is 0.437. The van der Waals surface area contributed by atoms with Gasteiger partial charge in [-0.3, -0.25) is 9.59 Å². The van der Waals surface area contributed by atoms with Gasteiger partial charge in [-0.15, -0.1) is 0 Å². The number of carbonyl (C=O) groups is 3. The van der Waals surface area contributed by atoms with Crippen LogP contribution in [0.25, 0.3) is 0 Å². The number of fused-ring (bicyclic) bond motifs is 5. The number of esters is 1. The summed E-state index contributed by atoms with van der Waals surface area (Å²) in [5, 5.41) is 0. The Bertz CT molecular complexity index is 812. The van der Waals surface area contributed by atoms with Crippen molar-refractivity contribution in [2.45, 2.75) is 92.6 Å². The van der Waals surface area contributed by atoms with Crippen LogP contribution >= 0.6 is 0 Å². The summed E-state index contributed by atoms with van der Waals surface area (Å²) in [7, 11) is 0. The van der Waals surface area contributed by atoms with Gasteiger partial charge in [0.15, 0.2) is 0 Å². The first kappa shape index (κ1) is 22.7. The van der Waals surface area contributed by atoms with E-state index in [9.17, 15) is 14.4 Å². The Kier molecular flexibility index (Phi) is 5.34. The second-order valence-corrected chi connectivity index (χ2v) is 12.4. The predicted octanol–water partition coefficient (Wildman–Crippen LogP) is 5.54. The third-order valence-corrected chi connectivity index (χ3v) is 10.7. The van der Waals surface area contributed by atoms with E-state index >= 15 is 0 Å². The maximum atomic E-state index is 12.3. The van der Waals surface area contributed by atoms with Gasteiger partial charge < -0.3 is 9.53 Å². The number of hydrogen-bond donors (Lipinski definition) is 0. The summed E-state index contributed by atoms with van der Waals surface area (Å²) < 4.78 is 6.02. The normalized spacial score (nSPS) is 48.3. The second-order valence-electron chi connectivity index (χ2n) is 12.4. The third kappa shape index (κ3) is 3.03. The molecule has 0 spiro atoms. The molecular weight excluding hydrogens is 388 g/mol. The van der Waals surface area contributed by atoms with Crippen molar-refractivity contribution < 1.29 is 19.1 Å². The molecule has 4 heteroatoms. The van der Waals surface area contributed by atoms with Crippen molar-refractivity contribution in [2.24, 2.45) is 45.3 Å². The molecule has 31 heavy (non-hydrogen) atoms. The molecule has 172 valence electrons. The van der Waals surface area contributed by atoms with Gasteiger partial charge in [0.05, 0.1) is 5.92 Å². The second kappa shape index (κ2) is 7.28. The topological polar surface area (TPSA) is 60.4 Å². The molecule has 0 aliphatic heterocycles. The fourth-order valence-electron chi connectivity index (χ4n) is 9.45. The van der Waals surface area contributed by atoms with E-state index < -0.39 is 11.3 Å². The van der Waals surface area contributed by atoms with Crippen LogP contribution < -0.4 is 0 Å². The van der Waals surface area contributed by atoms with E-state index in [2.05, 4.69) is 34.6 Å².